The molecule has 0 fully saturated rings. The highest BCUT2D eigenvalue weighted by Gasteiger charge is 2.30. The van der Waals surface area contributed by atoms with Crippen molar-refractivity contribution in [2.24, 2.45) is 0 Å². The second-order valence-electron chi connectivity index (χ2n) is 4.16. The minimum absolute atomic E-state index is 0.352. The fraction of sp³-hybridized carbons (Fsp3) is 0.417. The number of hydrogen-bond acceptors (Lipinski definition) is 1. The number of carbonyl (C=O) groups excluding carboxylic acids is 1. The molecule has 0 aliphatic carbocycles. The lowest BCUT2D eigenvalue weighted by atomic mass is 10.1. The molecule has 0 radical (unpaired) electrons. The van der Waals surface area contributed by atoms with Crippen molar-refractivity contribution < 1.29 is 18.0 Å². The van der Waals surface area contributed by atoms with Gasteiger partial charge in [-0.1, -0.05) is 15.9 Å². The molecule has 2 nitrogen and oxygen atoms in total. The Morgan fingerprint density at radius 2 is 2.06 bits per heavy atom. The van der Waals surface area contributed by atoms with E-state index < -0.39 is 24.5 Å². The third kappa shape index (κ3) is 4.68. The number of hydrogen-bond donors (Lipinski definition) is 1. The van der Waals surface area contributed by atoms with Crippen LogP contribution in [0.2, 0.25) is 0 Å². The Balaban J connectivity index is 2.68. The summed E-state index contributed by atoms with van der Waals surface area (Å²) in [7, 11) is 0. The van der Waals surface area contributed by atoms with Crippen molar-refractivity contribution in [2.75, 3.05) is 0 Å². The molecule has 1 N–H and O–H groups in total. The number of halogens is 4. The largest absolute Gasteiger partial charge is 0.391 e. The number of alkyl halides is 3. The van der Waals surface area contributed by atoms with Gasteiger partial charge in [-0.15, -0.1) is 0 Å². The second-order valence-corrected chi connectivity index (χ2v) is 5.01. The van der Waals surface area contributed by atoms with Crippen LogP contribution in [0.4, 0.5) is 13.2 Å². The maximum absolute atomic E-state index is 12.1. The monoisotopic (exact) mass is 323 g/mol. The lowest BCUT2D eigenvalue weighted by molar-refractivity contribution is -0.138. The highest BCUT2D eigenvalue weighted by Crippen LogP contribution is 2.22. The molecular weight excluding hydrogens is 311 g/mol. The SMILES string of the molecule is Cc1cc(C(=O)NC(C)CC(F)(F)F)ccc1Br. The lowest BCUT2D eigenvalue weighted by Gasteiger charge is -2.16. The van der Waals surface area contributed by atoms with Gasteiger partial charge in [0.15, 0.2) is 0 Å². The van der Waals surface area contributed by atoms with Gasteiger partial charge in [-0.05, 0) is 37.6 Å². The number of nitrogens with one attached hydrogen (secondary N) is 1. The third-order valence-corrected chi connectivity index (χ3v) is 3.23. The Kier molecular flexibility index (Phi) is 4.78. The summed E-state index contributed by atoms with van der Waals surface area (Å²) in [5.74, 6) is -0.498. The van der Waals surface area contributed by atoms with Crippen molar-refractivity contribution in [3.8, 4) is 0 Å². The van der Waals surface area contributed by atoms with Gasteiger partial charge in [0.1, 0.15) is 0 Å². The maximum Gasteiger partial charge on any atom is 0.391 e. The van der Waals surface area contributed by atoms with E-state index in [2.05, 4.69) is 21.2 Å². The number of rotatable bonds is 3. The Bertz CT molecular complexity index is 445. The van der Waals surface area contributed by atoms with E-state index in [4.69, 9.17) is 0 Å². The van der Waals surface area contributed by atoms with Crippen LogP contribution in [0.3, 0.4) is 0 Å². The zero-order chi connectivity index (χ0) is 13.9. The molecule has 1 aromatic carbocycles. The van der Waals surface area contributed by atoms with Gasteiger partial charge in [0.2, 0.25) is 0 Å². The zero-order valence-corrected chi connectivity index (χ0v) is 11.5. The summed E-state index contributed by atoms with van der Waals surface area (Å²) in [6, 6.07) is 3.94. The van der Waals surface area contributed by atoms with Crippen LogP contribution in [0.25, 0.3) is 0 Å². The molecule has 0 aromatic heterocycles. The quantitative estimate of drug-likeness (QED) is 0.900. The predicted octanol–water partition coefficient (Wildman–Crippen LogP) is 3.83. The molecule has 1 unspecified atom stereocenters. The van der Waals surface area contributed by atoms with Gasteiger partial charge in [0.05, 0.1) is 6.42 Å². The molecule has 100 valence electrons. The summed E-state index contributed by atoms with van der Waals surface area (Å²) in [6.45, 7) is 3.14. The Hall–Kier alpha value is -1.04. The number of carbonyl (C=O) groups is 1. The lowest BCUT2D eigenvalue weighted by Crippen LogP contribution is -2.35. The van der Waals surface area contributed by atoms with Crippen LogP contribution >= 0.6 is 15.9 Å². The van der Waals surface area contributed by atoms with Crippen LogP contribution in [0, 0.1) is 6.92 Å². The smallest absolute Gasteiger partial charge is 0.349 e. The molecule has 0 aliphatic heterocycles. The summed E-state index contributed by atoms with van der Waals surface area (Å²) < 4.78 is 37.2. The Morgan fingerprint density at radius 3 is 2.56 bits per heavy atom. The van der Waals surface area contributed by atoms with Crippen molar-refractivity contribution in [1.29, 1.82) is 0 Å². The van der Waals surface area contributed by atoms with E-state index in [1.807, 2.05) is 0 Å². The summed E-state index contributed by atoms with van der Waals surface area (Å²) >= 11 is 3.29. The predicted molar refractivity (Wildman–Crippen MR) is 66.5 cm³/mol. The van der Waals surface area contributed by atoms with E-state index in [0.717, 1.165) is 10.0 Å². The van der Waals surface area contributed by atoms with Crippen LogP contribution in [-0.2, 0) is 0 Å². The first-order chi connectivity index (χ1) is 8.19. The molecule has 1 atom stereocenters. The topological polar surface area (TPSA) is 29.1 Å². The number of benzene rings is 1. The van der Waals surface area contributed by atoms with Crippen molar-refractivity contribution in [2.45, 2.75) is 32.5 Å². The van der Waals surface area contributed by atoms with Crippen LogP contribution < -0.4 is 5.32 Å². The minimum atomic E-state index is -4.28. The summed E-state index contributed by atoms with van der Waals surface area (Å²) in [5, 5.41) is 2.33. The average Bonchev–Trinajstić information content (AvgIpc) is 2.18. The van der Waals surface area contributed by atoms with E-state index in [1.54, 1.807) is 25.1 Å². The van der Waals surface area contributed by atoms with Gasteiger partial charge in [-0.25, -0.2) is 0 Å². The van der Waals surface area contributed by atoms with E-state index in [0.29, 0.717) is 5.56 Å². The van der Waals surface area contributed by atoms with Crippen molar-refractivity contribution in [1.82, 2.24) is 5.32 Å². The fourth-order valence-electron chi connectivity index (χ4n) is 1.49. The van der Waals surface area contributed by atoms with Crippen LogP contribution in [0.5, 0.6) is 0 Å². The first-order valence-corrected chi connectivity index (χ1v) is 6.12. The van der Waals surface area contributed by atoms with Gasteiger partial charge in [-0.2, -0.15) is 13.2 Å². The molecule has 18 heavy (non-hydrogen) atoms. The van der Waals surface area contributed by atoms with Crippen molar-refractivity contribution in [3.05, 3.63) is 33.8 Å². The average molecular weight is 324 g/mol. The van der Waals surface area contributed by atoms with Gasteiger partial charge >= 0.3 is 6.18 Å². The Labute approximate surface area is 112 Å². The standard InChI is InChI=1S/C12H13BrF3NO/c1-7-5-9(3-4-10(7)13)11(18)17-8(2)6-12(14,15)16/h3-5,8H,6H2,1-2H3,(H,17,18). The van der Waals surface area contributed by atoms with E-state index in [9.17, 15) is 18.0 Å². The van der Waals surface area contributed by atoms with Crippen molar-refractivity contribution in [3.63, 3.8) is 0 Å². The maximum atomic E-state index is 12.1. The molecule has 0 spiro atoms. The highest BCUT2D eigenvalue weighted by atomic mass is 79.9. The van der Waals surface area contributed by atoms with Gasteiger partial charge in [-0.3, -0.25) is 4.79 Å². The molecule has 0 saturated carbocycles. The van der Waals surface area contributed by atoms with Crippen LogP contribution in [-0.4, -0.2) is 18.1 Å². The zero-order valence-electron chi connectivity index (χ0n) is 9.94. The van der Waals surface area contributed by atoms with Gasteiger partial charge < -0.3 is 5.32 Å². The number of aryl methyl sites for hydroxylation is 1. The molecule has 1 rings (SSSR count). The molecule has 1 amide bonds. The van der Waals surface area contributed by atoms with E-state index in [1.165, 1.54) is 6.92 Å². The second kappa shape index (κ2) is 5.73. The first kappa shape index (κ1) is 15.0. The van der Waals surface area contributed by atoms with Gasteiger partial charge in [0.25, 0.3) is 5.91 Å². The molecule has 6 heteroatoms. The van der Waals surface area contributed by atoms with Gasteiger partial charge in [0, 0.05) is 16.1 Å². The summed E-state index contributed by atoms with van der Waals surface area (Å²) in [5.41, 5.74) is 1.20. The molecular formula is C12H13BrF3NO. The Morgan fingerprint density at radius 1 is 1.44 bits per heavy atom. The third-order valence-electron chi connectivity index (χ3n) is 2.34. The van der Waals surface area contributed by atoms with E-state index in [-0.39, 0.29) is 0 Å². The highest BCUT2D eigenvalue weighted by molar-refractivity contribution is 9.10. The molecule has 1 aromatic rings. The summed E-state index contributed by atoms with van der Waals surface area (Å²) in [4.78, 5) is 11.7. The van der Waals surface area contributed by atoms with Crippen LogP contribution in [0.15, 0.2) is 22.7 Å². The summed E-state index contributed by atoms with van der Waals surface area (Å²) in [6.07, 6.45) is -5.31. The van der Waals surface area contributed by atoms with E-state index >= 15 is 0 Å². The molecule has 0 bridgehead atoms. The first-order valence-electron chi connectivity index (χ1n) is 5.33. The fourth-order valence-corrected chi connectivity index (χ4v) is 1.74. The molecule has 0 saturated heterocycles. The number of amides is 1. The normalized spacial score (nSPS) is 13.2. The molecule has 0 heterocycles. The minimum Gasteiger partial charge on any atom is -0.349 e. The molecule has 0 aliphatic rings. The van der Waals surface area contributed by atoms with Crippen LogP contribution in [0.1, 0.15) is 29.3 Å². The van der Waals surface area contributed by atoms with Crippen molar-refractivity contribution >= 4 is 21.8 Å².